The summed E-state index contributed by atoms with van der Waals surface area (Å²) < 4.78 is 38.2. The van der Waals surface area contributed by atoms with Crippen molar-refractivity contribution < 1.29 is 18.0 Å². The van der Waals surface area contributed by atoms with E-state index in [1.165, 1.54) is 12.1 Å². The zero-order valence-electron chi connectivity index (χ0n) is 14.4. The second-order valence-electron chi connectivity index (χ2n) is 6.50. The molecule has 1 heterocycles. The molecule has 0 aliphatic carbocycles. The zero-order chi connectivity index (χ0) is 18.7. The Balaban J connectivity index is 0.00000261. The molecule has 2 aromatic carbocycles. The molecule has 0 saturated carbocycles. The van der Waals surface area contributed by atoms with E-state index in [1.807, 2.05) is 35.2 Å². The SMILES string of the molecule is Cl.N[C@@H]1CN(CC(=O)Nc2cccc(C(F)(F)F)c2)C[C@H]1c1ccccc1. The molecule has 1 saturated heterocycles. The number of nitrogens with zero attached hydrogens (tertiary/aromatic N) is 1. The quantitative estimate of drug-likeness (QED) is 0.827. The van der Waals surface area contributed by atoms with Crippen LogP contribution in [0.5, 0.6) is 0 Å². The Bertz CT molecular complexity index is 770. The van der Waals surface area contributed by atoms with Crippen LogP contribution in [0.15, 0.2) is 54.6 Å². The highest BCUT2D eigenvalue weighted by Gasteiger charge is 2.32. The molecule has 8 heteroatoms. The molecule has 4 nitrogen and oxygen atoms in total. The number of amides is 1. The predicted octanol–water partition coefficient (Wildman–Crippen LogP) is 3.49. The van der Waals surface area contributed by atoms with Crippen molar-refractivity contribution in [1.29, 1.82) is 0 Å². The van der Waals surface area contributed by atoms with Gasteiger partial charge in [0.1, 0.15) is 0 Å². The Hall–Kier alpha value is -2.09. The van der Waals surface area contributed by atoms with Crippen molar-refractivity contribution in [3.05, 3.63) is 65.7 Å². The highest BCUT2D eigenvalue weighted by molar-refractivity contribution is 5.92. The highest BCUT2D eigenvalue weighted by Crippen LogP contribution is 2.31. The maximum atomic E-state index is 12.7. The maximum absolute atomic E-state index is 12.7. The van der Waals surface area contributed by atoms with Gasteiger partial charge in [-0.25, -0.2) is 0 Å². The van der Waals surface area contributed by atoms with Crippen molar-refractivity contribution in [3.63, 3.8) is 0 Å². The Labute approximate surface area is 161 Å². The first-order chi connectivity index (χ1) is 12.3. The Morgan fingerprint density at radius 3 is 2.48 bits per heavy atom. The fraction of sp³-hybridized carbons (Fsp3) is 0.316. The third-order valence-electron chi connectivity index (χ3n) is 4.51. The Kier molecular flexibility index (Phi) is 6.86. The van der Waals surface area contributed by atoms with Gasteiger partial charge in [0.15, 0.2) is 0 Å². The lowest BCUT2D eigenvalue weighted by Gasteiger charge is -2.16. The summed E-state index contributed by atoms with van der Waals surface area (Å²) >= 11 is 0. The lowest BCUT2D eigenvalue weighted by molar-refractivity contribution is -0.137. The smallest absolute Gasteiger partial charge is 0.326 e. The number of likely N-dealkylation sites (tertiary alicyclic amines) is 1. The minimum Gasteiger partial charge on any atom is -0.326 e. The summed E-state index contributed by atoms with van der Waals surface area (Å²) in [5, 5.41) is 2.53. The Morgan fingerprint density at radius 1 is 1.11 bits per heavy atom. The molecule has 27 heavy (non-hydrogen) atoms. The number of rotatable bonds is 4. The number of carbonyl (C=O) groups excluding carboxylic acids is 1. The lowest BCUT2D eigenvalue weighted by Crippen LogP contribution is -2.33. The van der Waals surface area contributed by atoms with Crippen molar-refractivity contribution in [3.8, 4) is 0 Å². The molecule has 0 radical (unpaired) electrons. The minimum absolute atomic E-state index is 0. The van der Waals surface area contributed by atoms with Gasteiger partial charge in [0.25, 0.3) is 0 Å². The number of alkyl halides is 3. The van der Waals surface area contributed by atoms with Crippen LogP contribution in [0.4, 0.5) is 18.9 Å². The van der Waals surface area contributed by atoms with Gasteiger partial charge >= 0.3 is 6.18 Å². The van der Waals surface area contributed by atoms with Crippen LogP contribution in [0.1, 0.15) is 17.0 Å². The first-order valence-electron chi connectivity index (χ1n) is 8.33. The summed E-state index contributed by atoms with van der Waals surface area (Å²) in [6, 6.07) is 14.4. The molecule has 0 unspecified atom stereocenters. The fourth-order valence-electron chi connectivity index (χ4n) is 3.27. The van der Waals surface area contributed by atoms with Crippen molar-refractivity contribution in [2.45, 2.75) is 18.1 Å². The second-order valence-corrected chi connectivity index (χ2v) is 6.50. The van der Waals surface area contributed by atoms with Gasteiger partial charge in [0.2, 0.25) is 5.91 Å². The number of halogens is 4. The highest BCUT2D eigenvalue weighted by atomic mass is 35.5. The van der Waals surface area contributed by atoms with Crippen LogP contribution in [0.3, 0.4) is 0 Å². The van der Waals surface area contributed by atoms with Gasteiger partial charge in [0, 0.05) is 30.7 Å². The van der Waals surface area contributed by atoms with E-state index in [0.717, 1.165) is 17.7 Å². The van der Waals surface area contributed by atoms with E-state index < -0.39 is 11.7 Å². The molecule has 146 valence electrons. The molecule has 0 aromatic heterocycles. The van der Waals surface area contributed by atoms with Crippen LogP contribution < -0.4 is 11.1 Å². The largest absolute Gasteiger partial charge is 0.416 e. The molecule has 1 amide bonds. The number of carbonyl (C=O) groups is 1. The van der Waals surface area contributed by atoms with Crippen LogP contribution >= 0.6 is 12.4 Å². The molecule has 2 atom stereocenters. The van der Waals surface area contributed by atoms with Crippen LogP contribution in [-0.2, 0) is 11.0 Å². The molecule has 3 N–H and O–H groups in total. The third-order valence-corrected chi connectivity index (χ3v) is 4.51. The second kappa shape index (κ2) is 8.73. The number of anilines is 1. The van der Waals surface area contributed by atoms with E-state index in [1.54, 1.807) is 0 Å². The topological polar surface area (TPSA) is 58.4 Å². The molecule has 3 rings (SSSR count). The third kappa shape index (κ3) is 5.45. The van der Waals surface area contributed by atoms with Crippen LogP contribution in [-0.4, -0.2) is 36.5 Å². The summed E-state index contributed by atoms with van der Waals surface area (Å²) in [7, 11) is 0. The number of benzene rings is 2. The van der Waals surface area contributed by atoms with Crippen molar-refractivity contribution in [2.75, 3.05) is 25.0 Å². The molecular formula is C19H21ClF3N3O. The standard InChI is InChI=1S/C19H20F3N3O.ClH/c20-19(21,22)14-7-4-8-15(9-14)24-18(26)12-25-10-16(17(23)11-25)13-5-2-1-3-6-13;/h1-9,16-17H,10-12,23H2,(H,24,26);1H/t16-,17+;/m0./s1. The first kappa shape index (κ1) is 21.2. The van der Waals surface area contributed by atoms with Gasteiger partial charge in [-0.05, 0) is 23.8 Å². The van der Waals surface area contributed by atoms with E-state index in [0.29, 0.717) is 13.1 Å². The van der Waals surface area contributed by atoms with E-state index in [2.05, 4.69) is 5.32 Å². The monoisotopic (exact) mass is 399 g/mol. The van der Waals surface area contributed by atoms with Crippen molar-refractivity contribution in [2.24, 2.45) is 5.73 Å². The van der Waals surface area contributed by atoms with E-state index in [-0.39, 0.29) is 42.5 Å². The lowest BCUT2D eigenvalue weighted by atomic mass is 9.95. The molecule has 2 aromatic rings. The van der Waals surface area contributed by atoms with Crippen molar-refractivity contribution in [1.82, 2.24) is 4.90 Å². The average molecular weight is 400 g/mol. The van der Waals surface area contributed by atoms with Crippen LogP contribution in [0.2, 0.25) is 0 Å². The number of hydrogen-bond donors (Lipinski definition) is 2. The molecular weight excluding hydrogens is 379 g/mol. The van der Waals surface area contributed by atoms with Crippen molar-refractivity contribution >= 4 is 24.0 Å². The summed E-state index contributed by atoms with van der Waals surface area (Å²) in [5.41, 5.74) is 6.67. The molecule has 1 aliphatic heterocycles. The van der Waals surface area contributed by atoms with Crippen LogP contribution in [0, 0.1) is 0 Å². The fourth-order valence-corrected chi connectivity index (χ4v) is 3.27. The molecule has 1 aliphatic rings. The number of hydrogen-bond acceptors (Lipinski definition) is 3. The van der Waals surface area contributed by atoms with E-state index in [9.17, 15) is 18.0 Å². The number of nitrogens with two attached hydrogens (primary N) is 1. The summed E-state index contributed by atoms with van der Waals surface area (Å²) in [6.45, 7) is 1.30. The summed E-state index contributed by atoms with van der Waals surface area (Å²) in [4.78, 5) is 14.1. The van der Waals surface area contributed by atoms with Gasteiger partial charge < -0.3 is 11.1 Å². The van der Waals surface area contributed by atoms with E-state index in [4.69, 9.17) is 5.73 Å². The summed E-state index contributed by atoms with van der Waals surface area (Å²) in [5.74, 6) is -0.220. The maximum Gasteiger partial charge on any atom is 0.416 e. The molecule has 0 bridgehead atoms. The number of nitrogens with one attached hydrogen (secondary N) is 1. The Morgan fingerprint density at radius 2 is 1.81 bits per heavy atom. The van der Waals surface area contributed by atoms with Gasteiger partial charge in [-0.1, -0.05) is 36.4 Å². The van der Waals surface area contributed by atoms with Gasteiger partial charge in [0.05, 0.1) is 12.1 Å². The van der Waals surface area contributed by atoms with E-state index >= 15 is 0 Å². The van der Waals surface area contributed by atoms with Gasteiger partial charge in [-0.15, -0.1) is 12.4 Å². The summed E-state index contributed by atoms with van der Waals surface area (Å²) in [6.07, 6.45) is -4.44. The molecule has 1 fully saturated rings. The molecule has 0 spiro atoms. The zero-order valence-corrected chi connectivity index (χ0v) is 15.3. The van der Waals surface area contributed by atoms with Crippen LogP contribution in [0.25, 0.3) is 0 Å². The van der Waals surface area contributed by atoms with Gasteiger partial charge in [-0.3, -0.25) is 9.69 Å². The normalized spacial score (nSPS) is 20.1. The average Bonchev–Trinajstić information content (AvgIpc) is 2.95. The predicted molar refractivity (Wildman–Crippen MR) is 101 cm³/mol. The minimum atomic E-state index is -4.44. The van der Waals surface area contributed by atoms with Gasteiger partial charge in [-0.2, -0.15) is 13.2 Å². The first-order valence-corrected chi connectivity index (χ1v) is 8.33.